The number of nitrogens with zero attached hydrogens (tertiary/aromatic N) is 5. The van der Waals surface area contributed by atoms with Crippen LogP contribution in [0.2, 0.25) is 0 Å². The minimum absolute atomic E-state index is 0.0659. The molecule has 1 aromatic carbocycles. The number of carbonyl (C=O) groups is 1. The van der Waals surface area contributed by atoms with Crippen molar-refractivity contribution in [3.8, 4) is 11.8 Å². The first kappa shape index (κ1) is 23.5. The van der Waals surface area contributed by atoms with Gasteiger partial charge in [0.25, 0.3) is 5.91 Å². The maximum Gasteiger partial charge on any atom is 0.257 e. The smallest absolute Gasteiger partial charge is 0.257 e. The predicted octanol–water partition coefficient (Wildman–Crippen LogP) is 1.95. The number of carbonyl (C=O) groups excluding carboxylic acids is 1. The Hall–Kier alpha value is -3.16. The van der Waals surface area contributed by atoms with Gasteiger partial charge in [0, 0.05) is 45.5 Å². The van der Waals surface area contributed by atoms with E-state index in [1.54, 1.807) is 37.1 Å². The highest BCUT2D eigenvalue weighted by atomic mass is 32.2. The number of pyridine rings is 1. The number of hydrogen-bond acceptors (Lipinski definition) is 7. The SMILES string of the molecule is CCN(CC)S(=O)(=O)c1ccc(OC)c(C(=O)N2CCN(c3ncccc3C#N)CC2)c1. The van der Waals surface area contributed by atoms with E-state index >= 15 is 0 Å². The first-order valence-corrected chi connectivity index (χ1v) is 11.9. The topological polar surface area (TPSA) is 107 Å². The Morgan fingerprint density at radius 2 is 1.88 bits per heavy atom. The number of ether oxygens (including phenoxy) is 1. The molecule has 0 unspecified atom stereocenters. The summed E-state index contributed by atoms with van der Waals surface area (Å²) in [6.45, 7) is 6.08. The van der Waals surface area contributed by atoms with Crippen LogP contribution in [-0.4, -0.2) is 74.9 Å². The number of benzene rings is 1. The highest BCUT2D eigenvalue weighted by molar-refractivity contribution is 7.89. The predicted molar refractivity (Wildman–Crippen MR) is 120 cm³/mol. The molecule has 1 aliphatic heterocycles. The third kappa shape index (κ3) is 4.54. The van der Waals surface area contributed by atoms with Crippen LogP contribution in [0.1, 0.15) is 29.8 Å². The van der Waals surface area contributed by atoms with Crippen LogP contribution < -0.4 is 9.64 Å². The molecule has 9 nitrogen and oxygen atoms in total. The molecule has 0 atom stereocenters. The van der Waals surface area contributed by atoms with Crippen LogP contribution >= 0.6 is 0 Å². The van der Waals surface area contributed by atoms with E-state index in [1.165, 1.54) is 29.6 Å². The molecule has 0 N–H and O–H groups in total. The van der Waals surface area contributed by atoms with Gasteiger partial charge in [-0.15, -0.1) is 0 Å². The molecule has 10 heteroatoms. The van der Waals surface area contributed by atoms with Crippen LogP contribution in [0.5, 0.6) is 5.75 Å². The molecule has 3 rings (SSSR count). The lowest BCUT2D eigenvalue weighted by atomic mass is 10.1. The molecule has 2 aromatic rings. The maximum atomic E-state index is 13.3. The van der Waals surface area contributed by atoms with Crippen LogP contribution in [0.3, 0.4) is 0 Å². The van der Waals surface area contributed by atoms with Gasteiger partial charge >= 0.3 is 0 Å². The summed E-state index contributed by atoms with van der Waals surface area (Å²) >= 11 is 0. The van der Waals surface area contributed by atoms with Crippen LogP contribution in [0.15, 0.2) is 41.4 Å². The summed E-state index contributed by atoms with van der Waals surface area (Å²) in [5.41, 5.74) is 0.702. The third-order valence-electron chi connectivity index (χ3n) is 5.52. The number of hydrogen-bond donors (Lipinski definition) is 0. The van der Waals surface area contributed by atoms with Gasteiger partial charge in [-0.3, -0.25) is 4.79 Å². The van der Waals surface area contributed by atoms with Crippen molar-refractivity contribution in [3.63, 3.8) is 0 Å². The number of anilines is 1. The number of sulfonamides is 1. The van der Waals surface area contributed by atoms with E-state index in [9.17, 15) is 18.5 Å². The standard InChI is InChI=1S/C22H27N5O4S/c1-4-27(5-2)32(29,30)18-8-9-20(31-3)19(15-18)22(28)26-13-11-25(12-14-26)21-17(16-23)7-6-10-24-21/h6-10,15H,4-5,11-14H2,1-3H3. The first-order chi connectivity index (χ1) is 15.4. The molecule has 1 fully saturated rings. The Balaban J connectivity index is 1.83. The Kier molecular flexibility index (Phi) is 7.33. The zero-order valence-corrected chi connectivity index (χ0v) is 19.3. The van der Waals surface area contributed by atoms with Gasteiger partial charge in [0.05, 0.1) is 23.1 Å². The molecule has 32 heavy (non-hydrogen) atoms. The highest BCUT2D eigenvalue weighted by Gasteiger charge is 2.28. The number of nitriles is 1. The van der Waals surface area contributed by atoms with E-state index in [1.807, 2.05) is 4.90 Å². The van der Waals surface area contributed by atoms with E-state index in [-0.39, 0.29) is 16.4 Å². The molecule has 2 heterocycles. The van der Waals surface area contributed by atoms with Crippen molar-refractivity contribution in [1.29, 1.82) is 5.26 Å². The highest BCUT2D eigenvalue weighted by Crippen LogP contribution is 2.27. The fourth-order valence-corrected chi connectivity index (χ4v) is 5.24. The van der Waals surface area contributed by atoms with Crippen molar-refractivity contribution >= 4 is 21.7 Å². The summed E-state index contributed by atoms with van der Waals surface area (Å²) in [5.74, 6) is 0.638. The lowest BCUT2D eigenvalue weighted by Crippen LogP contribution is -2.49. The fourth-order valence-electron chi connectivity index (χ4n) is 3.76. The van der Waals surface area contributed by atoms with Crippen molar-refractivity contribution in [2.75, 3.05) is 51.3 Å². The normalized spacial score (nSPS) is 14.3. The zero-order valence-electron chi connectivity index (χ0n) is 18.5. The minimum atomic E-state index is -3.71. The number of amides is 1. The molecule has 1 amide bonds. The van der Waals surface area contributed by atoms with Gasteiger partial charge in [-0.2, -0.15) is 9.57 Å². The summed E-state index contributed by atoms with van der Waals surface area (Å²) < 4.78 is 32.5. The van der Waals surface area contributed by atoms with Gasteiger partial charge in [-0.05, 0) is 30.3 Å². The average Bonchev–Trinajstić information content (AvgIpc) is 2.83. The minimum Gasteiger partial charge on any atom is -0.496 e. The van der Waals surface area contributed by atoms with E-state index in [0.717, 1.165) is 0 Å². The molecule has 0 aliphatic carbocycles. The van der Waals surface area contributed by atoms with Crippen LogP contribution in [0.25, 0.3) is 0 Å². The third-order valence-corrected chi connectivity index (χ3v) is 7.56. The zero-order chi connectivity index (χ0) is 23.3. The van der Waals surface area contributed by atoms with Crippen molar-refractivity contribution in [3.05, 3.63) is 47.7 Å². The summed E-state index contributed by atoms with van der Waals surface area (Å²) in [6.07, 6.45) is 1.64. The Morgan fingerprint density at radius 1 is 1.19 bits per heavy atom. The van der Waals surface area contributed by atoms with Crippen molar-refractivity contribution in [2.45, 2.75) is 18.7 Å². The molecule has 170 valence electrons. The number of rotatable bonds is 7. The molecule has 1 aromatic heterocycles. The monoisotopic (exact) mass is 457 g/mol. The van der Waals surface area contributed by atoms with E-state index in [4.69, 9.17) is 4.74 Å². The van der Waals surface area contributed by atoms with E-state index < -0.39 is 10.0 Å². The van der Waals surface area contributed by atoms with Crippen LogP contribution in [-0.2, 0) is 10.0 Å². The van der Waals surface area contributed by atoms with E-state index in [0.29, 0.717) is 56.4 Å². The quantitative estimate of drug-likeness (QED) is 0.625. The maximum absolute atomic E-state index is 13.3. The van der Waals surface area contributed by atoms with Gasteiger partial charge in [0.2, 0.25) is 10.0 Å². The Labute approximate surface area is 188 Å². The van der Waals surface area contributed by atoms with Crippen molar-refractivity contribution in [1.82, 2.24) is 14.2 Å². The number of methoxy groups -OCH3 is 1. The van der Waals surface area contributed by atoms with Gasteiger partial charge < -0.3 is 14.5 Å². The molecule has 0 spiro atoms. The molecule has 0 radical (unpaired) electrons. The van der Waals surface area contributed by atoms with E-state index in [2.05, 4.69) is 11.1 Å². The summed E-state index contributed by atoms with van der Waals surface area (Å²) in [6, 6.07) is 9.96. The van der Waals surface area contributed by atoms with Crippen molar-refractivity contribution in [2.24, 2.45) is 0 Å². The molecular formula is C22H27N5O4S. The van der Waals surface area contributed by atoms with Gasteiger partial charge in [-0.25, -0.2) is 13.4 Å². The molecule has 1 saturated heterocycles. The second-order valence-electron chi connectivity index (χ2n) is 7.22. The summed E-state index contributed by atoms with van der Waals surface area (Å²) in [7, 11) is -2.25. The van der Waals surface area contributed by atoms with Gasteiger partial charge in [0.1, 0.15) is 17.6 Å². The number of aromatic nitrogens is 1. The molecule has 0 saturated carbocycles. The second kappa shape index (κ2) is 9.97. The Morgan fingerprint density at radius 3 is 2.47 bits per heavy atom. The van der Waals surface area contributed by atoms with Gasteiger partial charge in [-0.1, -0.05) is 13.8 Å². The Bertz CT molecular complexity index is 1120. The summed E-state index contributed by atoms with van der Waals surface area (Å²) in [5, 5.41) is 9.31. The van der Waals surface area contributed by atoms with Crippen LogP contribution in [0, 0.1) is 11.3 Å². The summed E-state index contributed by atoms with van der Waals surface area (Å²) in [4.78, 5) is 21.3. The number of piperazine rings is 1. The molecule has 0 bridgehead atoms. The largest absolute Gasteiger partial charge is 0.496 e. The van der Waals surface area contributed by atoms with Crippen LogP contribution in [0.4, 0.5) is 5.82 Å². The first-order valence-electron chi connectivity index (χ1n) is 10.4. The van der Waals surface area contributed by atoms with Gasteiger partial charge in [0.15, 0.2) is 0 Å². The molecular weight excluding hydrogens is 430 g/mol. The lowest BCUT2D eigenvalue weighted by molar-refractivity contribution is 0.0743. The second-order valence-corrected chi connectivity index (χ2v) is 9.15. The molecule has 1 aliphatic rings. The average molecular weight is 458 g/mol. The van der Waals surface area contributed by atoms with Crippen molar-refractivity contribution < 1.29 is 17.9 Å². The fraction of sp³-hybridized carbons (Fsp3) is 0.409. The lowest BCUT2D eigenvalue weighted by Gasteiger charge is -2.36.